The smallest absolute Gasteiger partial charge is 0.255 e. The summed E-state index contributed by atoms with van der Waals surface area (Å²) in [6, 6.07) is 3.08. The fourth-order valence-corrected chi connectivity index (χ4v) is 3.09. The highest BCUT2D eigenvalue weighted by Gasteiger charge is 2.24. The van der Waals surface area contributed by atoms with Crippen LogP contribution >= 0.6 is 23.2 Å². The number of carbonyl (C=O) groups excluding carboxylic acids is 2. The Balaban J connectivity index is 2.15. The van der Waals surface area contributed by atoms with Crippen LogP contribution in [0.25, 0.3) is 0 Å². The molecule has 0 spiro atoms. The molecule has 0 unspecified atom stereocenters. The van der Waals surface area contributed by atoms with Gasteiger partial charge in [0.25, 0.3) is 5.91 Å². The maximum atomic E-state index is 12.7. The maximum absolute atomic E-state index is 12.7. The zero-order chi connectivity index (χ0) is 17.0. The first kappa shape index (κ1) is 17.9. The summed E-state index contributed by atoms with van der Waals surface area (Å²) in [6.07, 6.45) is 1.23. The quantitative estimate of drug-likeness (QED) is 0.833. The monoisotopic (exact) mass is 358 g/mol. The van der Waals surface area contributed by atoms with Gasteiger partial charge in [-0.3, -0.25) is 9.59 Å². The van der Waals surface area contributed by atoms with Crippen LogP contribution in [0.4, 0.5) is 0 Å². The summed E-state index contributed by atoms with van der Waals surface area (Å²) in [6.45, 7) is 4.14. The lowest BCUT2D eigenvalue weighted by molar-refractivity contribution is -0.130. The lowest BCUT2D eigenvalue weighted by Gasteiger charge is -2.22. The van der Waals surface area contributed by atoms with Gasteiger partial charge in [-0.25, -0.2) is 0 Å². The van der Waals surface area contributed by atoms with Crippen LogP contribution < -0.4 is 4.74 Å². The van der Waals surface area contributed by atoms with Crippen LogP contribution in [-0.2, 0) is 4.79 Å². The number of hydrogen-bond acceptors (Lipinski definition) is 3. The molecule has 0 aromatic heterocycles. The molecule has 7 heteroatoms. The fraction of sp³-hybridized carbons (Fsp3) is 0.500. The van der Waals surface area contributed by atoms with Gasteiger partial charge in [-0.15, -0.1) is 0 Å². The van der Waals surface area contributed by atoms with Gasteiger partial charge in [0, 0.05) is 38.7 Å². The standard InChI is InChI=1S/C16H20Cl2N2O3/c1-3-15(21)19-5-4-6-20(8-7-19)16(22)11-9-13(18)14(23-2)10-12(11)17/h9-10H,3-8H2,1-2H3. The number of methoxy groups -OCH3 is 1. The summed E-state index contributed by atoms with van der Waals surface area (Å²) < 4.78 is 5.09. The van der Waals surface area contributed by atoms with Gasteiger partial charge in [0.05, 0.1) is 22.7 Å². The van der Waals surface area contributed by atoms with Crippen LogP contribution in [0.3, 0.4) is 0 Å². The predicted octanol–water partition coefficient (Wildman–Crippen LogP) is 3.09. The van der Waals surface area contributed by atoms with Gasteiger partial charge in [0.15, 0.2) is 0 Å². The Morgan fingerprint density at radius 3 is 2.39 bits per heavy atom. The van der Waals surface area contributed by atoms with Gasteiger partial charge in [-0.1, -0.05) is 30.1 Å². The van der Waals surface area contributed by atoms with E-state index < -0.39 is 0 Å². The normalized spacial score (nSPS) is 15.3. The van der Waals surface area contributed by atoms with E-state index in [0.29, 0.717) is 54.0 Å². The van der Waals surface area contributed by atoms with Crippen molar-refractivity contribution in [3.8, 4) is 5.75 Å². The third-order valence-electron chi connectivity index (χ3n) is 3.91. The van der Waals surface area contributed by atoms with E-state index >= 15 is 0 Å². The fourth-order valence-electron chi connectivity index (χ4n) is 2.61. The average Bonchev–Trinajstić information content (AvgIpc) is 2.81. The number of hydrogen-bond donors (Lipinski definition) is 0. The molecule has 0 bridgehead atoms. The number of nitrogens with zero attached hydrogens (tertiary/aromatic N) is 2. The number of halogens is 2. The van der Waals surface area contributed by atoms with Crippen LogP contribution in [0.5, 0.6) is 5.75 Å². The van der Waals surface area contributed by atoms with Gasteiger partial charge in [0.2, 0.25) is 5.91 Å². The van der Waals surface area contributed by atoms with Crippen molar-refractivity contribution in [2.75, 3.05) is 33.3 Å². The van der Waals surface area contributed by atoms with E-state index in [1.807, 2.05) is 6.92 Å². The molecule has 1 aromatic carbocycles. The molecule has 2 amide bonds. The third kappa shape index (κ3) is 4.09. The Labute approximate surface area is 146 Å². The SMILES string of the molecule is CCC(=O)N1CCCN(C(=O)c2cc(Cl)c(OC)cc2Cl)CC1. The number of benzene rings is 1. The molecule has 0 radical (unpaired) electrons. The van der Waals surface area contributed by atoms with Crippen LogP contribution in [0, 0.1) is 0 Å². The number of carbonyl (C=O) groups is 2. The number of ether oxygens (including phenoxy) is 1. The van der Waals surface area contributed by atoms with E-state index in [-0.39, 0.29) is 11.8 Å². The highest BCUT2D eigenvalue weighted by Crippen LogP contribution is 2.31. The van der Waals surface area contributed by atoms with Gasteiger partial charge >= 0.3 is 0 Å². The van der Waals surface area contributed by atoms with Crippen LogP contribution in [0.2, 0.25) is 10.0 Å². The Morgan fingerprint density at radius 2 is 1.74 bits per heavy atom. The Kier molecular flexibility index (Phi) is 6.13. The molecule has 1 aliphatic rings. The second-order valence-corrected chi connectivity index (χ2v) is 6.16. The summed E-state index contributed by atoms with van der Waals surface area (Å²) in [5, 5.41) is 0.653. The zero-order valence-electron chi connectivity index (χ0n) is 13.3. The first-order chi connectivity index (χ1) is 11.0. The molecule has 5 nitrogen and oxygen atoms in total. The van der Waals surface area contributed by atoms with Gasteiger partial charge in [-0.05, 0) is 12.5 Å². The molecule has 1 aliphatic heterocycles. The lowest BCUT2D eigenvalue weighted by atomic mass is 10.1. The summed E-state index contributed by atoms with van der Waals surface area (Å²) in [5.74, 6) is 0.374. The summed E-state index contributed by atoms with van der Waals surface area (Å²) >= 11 is 12.3. The topological polar surface area (TPSA) is 49.9 Å². The molecular formula is C16H20Cl2N2O3. The molecule has 1 saturated heterocycles. The third-order valence-corrected chi connectivity index (χ3v) is 4.52. The molecule has 1 aromatic rings. The minimum atomic E-state index is -0.176. The predicted molar refractivity (Wildman–Crippen MR) is 90.4 cm³/mol. The molecular weight excluding hydrogens is 339 g/mol. The Bertz CT molecular complexity index is 607. The molecule has 1 heterocycles. The van der Waals surface area contributed by atoms with Crippen molar-refractivity contribution in [3.63, 3.8) is 0 Å². The first-order valence-corrected chi connectivity index (χ1v) is 8.33. The molecule has 0 N–H and O–H groups in total. The minimum Gasteiger partial charge on any atom is -0.495 e. The molecule has 126 valence electrons. The zero-order valence-corrected chi connectivity index (χ0v) is 14.8. The summed E-state index contributed by atoms with van der Waals surface area (Å²) in [5.41, 5.74) is 0.354. The van der Waals surface area contributed by atoms with Crippen LogP contribution in [0.1, 0.15) is 30.1 Å². The second-order valence-electron chi connectivity index (χ2n) is 5.35. The van der Waals surface area contributed by atoms with E-state index in [2.05, 4.69) is 0 Å². The Hall–Kier alpha value is -1.46. The van der Waals surface area contributed by atoms with Gasteiger partial charge < -0.3 is 14.5 Å². The first-order valence-electron chi connectivity index (χ1n) is 7.58. The highest BCUT2D eigenvalue weighted by atomic mass is 35.5. The maximum Gasteiger partial charge on any atom is 0.255 e. The average molecular weight is 359 g/mol. The van der Waals surface area contributed by atoms with Crippen molar-refractivity contribution in [2.45, 2.75) is 19.8 Å². The second kappa shape index (κ2) is 7.88. The van der Waals surface area contributed by atoms with E-state index in [4.69, 9.17) is 27.9 Å². The van der Waals surface area contributed by atoms with Crippen molar-refractivity contribution >= 4 is 35.0 Å². The summed E-state index contributed by atoms with van der Waals surface area (Å²) in [4.78, 5) is 28.0. The van der Waals surface area contributed by atoms with Crippen molar-refractivity contribution in [2.24, 2.45) is 0 Å². The van der Waals surface area contributed by atoms with E-state index in [0.717, 1.165) is 6.42 Å². The number of amides is 2. The number of rotatable bonds is 3. The van der Waals surface area contributed by atoms with Crippen molar-refractivity contribution in [1.82, 2.24) is 9.80 Å². The molecule has 23 heavy (non-hydrogen) atoms. The molecule has 0 atom stereocenters. The molecule has 0 saturated carbocycles. The van der Waals surface area contributed by atoms with Crippen molar-refractivity contribution < 1.29 is 14.3 Å². The van der Waals surface area contributed by atoms with Crippen LogP contribution in [0.15, 0.2) is 12.1 Å². The van der Waals surface area contributed by atoms with Crippen molar-refractivity contribution in [1.29, 1.82) is 0 Å². The lowest BCUT2D eigenvalue weighted by Crippen LogP contribution is -2.37. The van der Waals surface area contributed by atoms with E-state index in [9.17, 15) is 9.59 Å². The van der Waals surface area contributed by atoms with Crippen molar-refractivity contribution in [3.05, 3.63) is 27.7 Å². The largest absolute Gasteiger partial charge is 0.495 e. The Morgan fingerprint density at radius 1 is 1.09 bits per heavy atom. The molecule has 1 fully saturated rings. The van der Waals surface area contributed by atoms with E-state index in [1.54, 1.807) is 15.9 Å². The minimum absolute atomic E-state index is 0.116. The molecule has 2 rings (SSSR count). The summed E-state index contributed by atoms with van der Waals surface area (Å²) in [7, 11) is 1.49. The van der Waals surface area contributed by atoms with Gasteiger partial charge in [0.1, 0.15) is 5.75 Å². The van der Waals surface area contributed by atoms with Gasteiger partial charge in [-0.2, -0.15) is 0 Å². The van der Waals surface area contributed by atoms with Crippen LogP contribution in [-0.4, -0.2) is 54.9 Å². The van der Waals surface area contributed by atoms with E-state index in [1.165, 1.54) is 13.2 Å². The highest BCUT2D eigenvalue weighted by molar-refractivity contribution is 6.36. The molecule has 0 aliphatic carbocycles.